The summed E-state index contributed by atoms with van der Waals surface area (Å²) in [5, 5.41) is 23.5. The smallest absolute Gasteiger partial charge is 0.251 e. The molecular formula is C14H17N5O2. The fourth-order valence-corrected chi connectivity index (χ4v) is 2.56. The predicted molar refractivity (Wildman–Crippen MR) is 74.9 cm³/mol. The van der Waals surface area contributed by atoms with E-state index in [1.165, 1.54) is 11.0 Å². The summed E-state index contributed by atoms with van der Waals surface area (Å²) in [6.45, 7) is 0. The molecule has 21 heavy (non-hydrogen) atoms. The molecule has 1 saturated carbocycles. The van der Waals surface area contributed by atoms with E-state index in [2.05, 4.69) is 20.8 Å². The summed E-state index contributed by atoms with van der Waals surface area (Å²) in [7, 11) is 0. The highest BCUT2D eigenvalue weighted by atomic mass is 16.3. The summed E-state index contributed by atoms with van der Waals surface area (Å²) in [5.41, 5.74) is 1.32. The predicted octanol–water partition coefficient (Wildman–Crippen LogP) is 0.696. The van der Waals surface area contributed by atoms with E-state index in [-0.39, 0.29) is 18.1 Å². The van der Waals surface area contributed by atoms with Gasteiger partial charge in [0.05, 0.1) is 11.8 Å². The van der Waals surface area contributed by atoms with Crippen LogP contribution >= 0.6 is 0 Å². The maximum atomic E-state index is 12.3. The van der Waals surface area contributed by atoms with Crippen molar-refractivity contribution in [2.45, 2.75) is 37.8 Å². The molecule has 2 aromatic rings. The third-order valence-electron chi connectivity index (χ3n) is 3.75. The molecule has 7 heteroatoms. The molecule has 0 radical (unpaired) electrons. The van der Waals surface area contributed by atoms with E-state index in [0.717, 1.165) is 31.4 Å². The van der Waals surface area contributed by atoms with Crippen molar-refractivity contribution in [2.24, 2.45) is 0 Å². The standard InChI is InChI=1S/C14H17N5O2/c20-13-6-4-11(5-7-13)16-14(21)10-2-1-3-12(8-10)19-9-15-17-18-19/h1-3,8-9,11,13,20H,4-7H2,(H,16,21). The van der Waals surface area contributed by atoms with Gasteiger partial charge in [-0.3, -0.25) is 4.79 Å². The van der Waals surface area contributed by atoms with Crippen molar-refractivity contribution in [1.82, 2.24) is 25.5 Å². The molecule has 0 saturated heterocycles. The van der Waals surface area contributed by atoms with E-state index in [4.69, 9.17) is 0 Å². The van der Waals surface area contributed by atoms with Crippen LogP contribution in [0.25, 0.3) is 5.69 Å². The molecule has 0 spiro atoms. The minimum absolute atomic E-state index is 0.105. The van der Waals surface area contributed by atoms with Gasteiger partial charge < -0.3 is 10.4 Å². The van der Waals surface area contributed by atoms with Gasteiger partial charge in [0.15, 0.2) is 0 Å². The van der Waals surface area contributed by atoms with Gasteiger partial charge in [-0.2, -0.15) is 0 Å². The van der Waals surface area contributed by atoms with E-state index >= 15 is 0 Å². The summed E-state index contributed by atoms with van der Waals surface area (Å²) in [6, 6.07) is 7.29. The van der Waals surface area contributed by atoms with Gasteiger partial charge in [-0.1, -0.05) is 6.07 Å². The average molecular weight is 287 g/mol. The van der Waals surface area contributed by atoms with E-state index in [9.17, 15) is 9.90 Å². The Kier molecular flexibility index (Phi) is 3.92. The Labute approximate surface area is 122 Å². The van der Waals surface area contributed by atoms with Crippen molar-refractivity contribution in [2.75, 3.05) is 0 Å². The summed E-state index contributed by atoms with van der Waals surface area (Å²) in [6.07, 6.45) is 4.39. The fraction of sp³-hybridized carbons (Fsp3) is 0.429. The van der Waals surface area contributed by atoms with Crippen molar-refractivity contribution < 1.29 is 9.90 Å². The summed E-state index contributed by atoms with van der Waals surface area (Å²) in [4.78, 5) is 12.3. The van der Waals surface area contributed by atoms with E-state index < -0.39 is 0 Å². The van der Waals surface area contributed by atoms with Gasteiger partial charge in [-0.15, -0.1) is 5.10 Å². The molecule has 1 heterocycles. The number of nitrogens with one attached hydrogen (secondary N) is 1. The third kappa shape index (κ3) is 3.25. The monoisotopic (exact) mass is 287 g/mol. The van der Waals surface area contributed by atoms with Crippen LogP contribution < -0.4 is 5.32 Å². The van der Waals surface area contributed by atoms with Gasteiger partial charge in [0.2, 0.25) is 0 Å². The number of hydrogen-bond acceptors (Lipinski definition) is 5. The van der Waals surface area contributed by atoms with Crippen LogP contribution in [-0.2, 0) is 0 Å². The van der Waals surface area contributed by atoms with Crippen LogP contribution in [0.4, 0.5) is 0 Å². The second-order valence-electron chi connectivity index (χ2n) is 5.28. The zero-order chi connectivity index (χ0) is 14.7. The molecule has 0 bridgehead atoms. The number of aliphatic hydroxyl groups excluding tert-OH is 1. The highest BCUT2D eigenvalue weighted by Crippen LogP contribution is 2.19. The van der Waals surface area contributed by atoms with Gasteiger partial charge in [0.1, 0.15) is 6.33 Å². The summed E-state index contributed by atoms with van der Waals surface area (Å²) >= 11 is 0. The van der Waals surface area contributed by atoms with Crippen LogP contribution in [-0.4, -0.2) is 43.4 Å². The molecule has 0 unspecified atom stereocenters. The molecule has 0 atom stereocenters. The summed E-state index contributed by atoms with van der Waals surface area (Å²) < 4.78 is 1.51. The number of hydrogen-bond donors (Lipinski definition) is 2. The zero-order valence-electron chi connectivity index (χ0n) is 11.5. The number of benzene rings is 1. The molecule has 1 amide bonds. The lowest BCUT2D eigenvalue weighted by atomic mass is 9.93. The number of rotatable bonds is 3. The number of amides is 1. The average Bonchev–Trinajstić information content (AvgIpc) is 3.04. The molecule has 1 aliphatic carbocycles. The maximum Gasteiger partial charge on any atom is 0.251 e. The molecule has 3 rings (SSSR count). The van der Waals surface area contributed by atoms with Crippen molar-refractivity contribution in [3.8, 4) is 5.69 Å². The van der Waals surface area contributed by atoms with Gasteiger partial charge in [0, 0.05) is 11.6 Å². The largest absolute Gasteiger partial charge is 0.393 e. The highest BCUT2D eigenvalue weighted by Gasteiger charge is 2.21. The molecular weight excluding hydrogens is 270 g/mol. The molecule has 1 aromatic carbocycles. The zero-order valence-corrected chi connectivity index (χ0v) is 11.5. The molecule has 2 N–H and O–H groups in total. The molecule has 1 fully saturated rings. The molecule has 7 nitrogen and oxygen atoms in total. The van der Waals surface area contributed by atoms with E-state index in [0.29, 0.717) is 5.56 Å². The lowest BCUT2D eigenvalue weighted by molar-refractivity contribution is 0.0867. The number of carbonyl (C=O) groups excluding carboxylic acids is 1. The van der Waals surface area contributed by atoms with Crippen LogP contribution in [0.2, 0.25) is 0 Å². The first-order valence-corrected chi connectivity index (χ1v) is 7.05. The lowest BCUT2D eigenvalue weighted by Crippen LogP contribution is -2.38. The number of aromatic nitrogens is 4. The van der Waals surface area contributed by atoms with Crippen LogP contribution in [0, 0.1) is 0 Å². The Morgan fingerprint density at radius 2 is 2.10 bits per heavy atom. The third-order valence-corrected chi connectivity index (χ3v) is 3.75. The van der Waals surface area contributed by atoms with Crippen LogP contribution in [0.5, 0.6) is 0 Å². The molecule has 1 aromatic heterocycles. The Morgan fingerprint density at radius 3 is 2.81 bits per heavy atom. The Morgan fingerprint density at radius 1 is 1.29 bits per heavy atom. The number of tetrazole rings is 1. The van der Waals surface area contributed by atoms with Crippen molar-refractivity contribution in [3.63, 3.8) is 0 Å². The Bertz CT molecular complexity index is 606. The Balaban J connectivity index is 1.69. The minimum Gasteiger partial charge on any atom is -0.393 e. The second kappa shape index (κ2) is 6.01. The van der Waals surface area contributed by atoms with Gasteiger partial charge in [-0.05, 0) is 54.3 Å². The van der Waals surface area contributed by atoms with Gasteiger partial charge in [0.25, 0.3) is 5.91 Å². The number of carbonyl (C=O) groups is 1. The Hall–Kier alpha value is -2.28. The fourth-order valence-electron chi connectivity index (χ4n) is 2.56. The van der Waals surface area contributed by atoms with Crippen molar-refractivity contribution >= 4 is 5.91 Å². The molecule has 1 aliphatic rings. The minimum atomic E-state index is -0.221. The van der Waals surface area contributed by atoms with Crippen molar-refractivity contribution in [1.29, 1.82) is 0 Å². The topological polar surface area (TPSA) is 92.9 Å². The normalized spacial score (nSPS) is 22.0. The highest BCUT2D eigenvalue weighted by molar-refractivity contribution is 5.94. The first kappa shape index (κ1) is 13.7. The quantitative estimate of drug-likeness (QED) is 0.866. The van der Waals surface area contributed by atoms with Crippen LogP contribution in [0.1, 0.15) is 36.0 Å². The van der Waals surface area contributed by atoms with E-state index in [1.807, 2.05) is 6.07 Å². The van der Waals surface area contributed by atoms with Crippen molar-refractivity contribution in [3.05, 3.63) is 36.2 Å². The first-order chi connectivity index (χ1) is 10.2. The lowest BCUT2D eigenvalue weighted by Gasteiger charge is -2.26. The second-order valence-corrected chi connectivity index (χ2v) is 5.28. The van der Waals surface area contributed by atoms with Crippen LogP contribution in [0.3, 0.4) is 0 Å². The number of nitrogens with zero attached hydrogens (tertiary/aromatic N) is 4. The van der Waals surface area contributed by atoms with Crippen LogP contribution in [0.15, 0.2) is 30.6 Å². The summed E-state index contributed by atoms with van der Waals surface area (Å²) in [5.74, 6) is -0.105. The van der Waals surface area contributed by atoms with Gasteiger partial charge >= 0.3 is 0 Å². The first-order valence-electron chi connectivity index (χ1n) is 7.05. The van der Waals surface area contributed by atoms with E-state index in [1.54, 1.807) is 18.2 Å². The molecule has 0 aliphatic heterocycles. The SMILES string of the molecule is O=C(NC1CCC(O)CC1)c1cccc(-n2cnnn2)c1. The molecule has 110 valence electrons. The number of aliphatic hydroxyl groups is 1. The van der Waals surface area contributed by atoms with Gasteiger partial charge in [-0.25, -0.2) is 4.68 Å². The maximum absolute atomic E-state index is 12.3.